The van der Waals surface area contributed by atoms with Gasteiger partial charge in [-0.25, -0.2) is 0 Å². The summed E-state index contributed by atoms with van der Waals surface area (Å²) in [5.74, 6) is 0.225. The molecule has 0 spiro atoms. The van der Waals surface area contributed by atoms with E-state index in [-0.39, 0.29) is 25.5 Å². The number of rotatable bonds is 7. The van der Waals surface area contributed by atoms with E-state index in [4.69, 9.17) is 21.6 Å². The summed E-state index contributed by atoms with van der Waals surface area (Å²) in [5, 5.41) is 9.44. The summed E-state index contributed by atoms with van der Waals surface area (Å²) in [6, 6.07) is 13.8. The van der Waals surface area contributed by atoms with Gasteiger partial charge in [0, 0.05) is 22.8 Å². The minimum atomic E-state index is -0.267. The minimum absolute atomic E-state index is 0.173. The minimum Gasteiger partial charge on any atom is -0.484 e. The molecule has 128 valence electrons. The maximum Gasteiger partial charge on any atom is 0.264 e. The van der Waals surface area contributed by atoms with E-state index in [0.29, 0.717) is 22.0 Å². The van der Waals surface area contributed by atoms with Gasteiger partial charge in [-0.05, 0) is 55.0 Å². The summed E-state index contributed by atoms with van der Waals surface area (Å²) in [6.07, 6.45) is 0.947. The fourth-order valence-electron chi connectivity index (χ4n) is 2.22. The molecule has 0 fully saturated rings. The molecule has 0 radical (unpaired) electrons. The third-order valence-corrected chi connectivity index (χ3v) is 4.00. The van der Waals surface area contributed by atoms with Crippen LogP contribution in [0.15, 0.2) is 42.5 Å². The highest BCUT2D eigenvalue weighted by molar-refractivity contribution is 6.31. The van der Waals surface area contributed by atoms with Gasteiger partial charge in [0.1, 0.15) is 12.0 Å². The number of benzene rings is 2. The average Bonchev–Trinajstić information content (AvgIpc) is 2.63. The molecular formula is C19H17ClN2O3. The zero-order valence-corrected chi connectivity index (χ0v) is 14.5. The van der Waals surface area contributed by atoms with Crippen LogP contribution in [-0.2, 0) is 4.79 Å². The van der Waals surface area contributed by atoms with Gasteiger partial charge < -0.3 is 9.64 Å². The van der Waals surface area contributed by atoms with E-state index >= 15 is 0 Å². The van der Waals surface area contributed by atoms with Gasteiger partial charge in [0.15, 0.2) is 6.61 Å². The largest absolute Gasteiger partial charge is 0.484 e. The van der Waals surface area contributed by atoms with Crippen LogP contribution in [0.1, 0.15) is 22.3 Å². The quantitative estimate of drug-likeness (QED) is 0.708. The fraction of sp³-hybridized carbons (Fsp3) is 0.211. The highest BCUT2D eigenvalue weighted by Crippen LogP contribution is 2.23. The maximum absolute atomic E-state index is 12.5. The molecule has 2 aromatic rings. The number of aryl methyl sites for hydroxylation is 1. The zero-order chi connectivity index (χ0) is 18.2. The van der Waals surface area contributed by atoms with Crippen molar-refractivity contribution in [3.63, 3.8) is 0 Å². The Morgan fingerprint density at radius 1 is 1.28 bits per heavy atom. The molecule has 0 heterocycles. The summed E-state index contributed by atoms with van der Waals surface area (Å²) in [7, 11) is 0. The van der Waals surface area contributed by atoms with E-state index in [0.717, 1.165) is 11.8 Å². The first kappa shape index (κ1) is 18.5. The lowest BCUT2D eigenvalue weighted by Gasteiger charge is -2.22. The van der Waals surface area contributed by atoms with Crippen LogP contribution in [0, 0.1) is 18.3 Å². The van der Waals surface area contributed by atoms with Crippen molar-refractivity contribution in [2.75, 3.05) is 18.1 Å². The number of aldehydes is 1. The lowest BCUT2D eigenvalue weighted by molar-refractivity contribution is -0.120. The lowest BCUT2D eigenvalue weighted by atomic mass is 10.2. The summed E-state index contributed by atoms with van der Waals surface area (Å²) in [6.45, 7) is 1.95. The number of carbonyl (C=O) groups excluding carboxylic acids is 2. The van der Waals surface area contributed by atoms with Crippen molar-refractivity contribution in [2.45, 2.75) is 13.3 Å². The van der Waals surface area contributed by atoms with Crippen LogP contribution in [0.4, 0.5) is 5.69 Å². The van der Waals surface area contributed by atoms with E-state index in [1.807, 2.05) is 13.0 Å². The topological polar surface area (TPSA) is 70.4 Å². The van der Waals surface area contributed by atoms with Crippen LogP contribution >= 0.6 is 11.6 Å². The third kappa shape index (κ3) is 5.07. The average molecular weight is 357 g/mol. The molecule has 2 rings (SSSR count). The first-order chi connectivity index (χ1) is 12.0. The maximum atomic E-state index is 12.5. The molecule has 0 aliphatic heterocycles. The predicted octanol–water partition coefficient (Wildman–Crippen LogP) is 3.79. The summed E-state index contributed by atoms with van der Waals surface area (Å²) in [4.78, 5) is 24.7. The predicted molar refractivity (Wildman–Crippen MR) is 96.1 cm³/mol. The number of hydrogen-bond acceptors (Lipinski definition) is 4. The molecule has 0 saturated heterocycles. The number of anilines is 1. The van der Waals surface area contributed by atoms with Gasteiger partial charge in [0.25, 0.3) is 5.91 Å². The number of nitrogens with zero attached hydrogens (tertiary/aromatic N) is 2. The van der Waals surface area contributed by atoms with Gasteiger partial charge in [-0.3, -0.25) is 9.59 Å². The second-order valence-corrected chi connectivity index (χ2v) is 5.77. The number of ether oxygens (including phenoxy) is 1. The normalized spacial score (nSPS) is 9.96. The molecule has 5 nitrogen and oxygen atoms in total. The Morgan fingerprint density at radius 2 is 2.00 bits per heavy atom. The summed E-state index contributed by atoms with van der Waals surface area (Å²) in [5.41, 5.74) is 2.05. The van der Waals surface area contributed by atoms with E-state index in [2.05, 4.69) is 0 Å². The lowest BCUT2D eigenvalue weighted by Crippen LogP contribution is -2.35. The molecule has 0 N–H and O–H groups in total. The number of halogens is 1. The molecule has 25 heavy (non-hydrogen) atoms. The summed E-state index contributed by atoms with van der Waals surface area (Å²) < 4.78 is 5.49. The molecule has 0 bridgehead atoms. The van der Waals surface area contributed by atoms with Gasteiger partial charge in [-0.15, -0.1) is 0 Å². The van der Waals surface area contributed by atoms with Gasteiger partial charge in [0.05, 0.1) is 12.5 Å². The van der Waals surface area contributed by atoms with Crippen molar-refractivity contribution in [3.8, 4) is 11.8 Å². The summed E-state index contributed by atoms with van der Waals surface area (Å²) >= 11 is 6.03. The first-order valence-electron chi connectivity index (χ1n) is 7.66. The van der Waals surface area contributed by atoms with Gasteiger partial charge in [0.2, 0.25) is 0 Å². The SMILES string of the molecule is Cc1cc(N(CCC#N)C(=O)COc2ccc(C=O)cc2)ccc1Cl. The van der Waals surface area contributed by atoms with Crippen molar-refractivity contribution in [1.29, 1.82) is 5.26 Å². The van der Waals surface area contributed by atoms with E-state index in [1.165, 1.54) is 4.90 Å². The Balaban J connectivity index is 2.10. The Morgan fingerprint density at radius 3 is 2.60 bits per heavy atom. The van der Waals surface area contributed by atoms with Crippen molar-refractivity contribution in [2.24, 2.45) is 0 Å². The van der Waals surface area contributed by atoms with Crippen LogP contribution in [0.2, 0.25) is 5.02 Å². The van der Waals surface area contributed by atoms with Gasteiger partial charge >= 0.3 is 0 Å². The Labute approximate surface area is 151 Å². The molecule has 0 aromatic heterocycles. The smallest absolute Gasteiger partial charge is 0.264 e. The Kier molecular flexibility index (Phi) is 6.55. The molecule has 0 saturated carbocycles. The third-order valence-electron chi connectivity index (χ3n) is 3.58. The zero-order valence-electron chi connectivity index (χ0n) is 13.7. The fourth-order valence-corrected chi connectivity index (χ4v) is 2.34. The van der Waals surface area contributed by atoms with E-state index < -0.39 is 0 Å². The van der Waals surface area contributed by atoms with Crippen LogP contribution < -0.4 is 9.64 Å². The number of nitriles is 1. The standard InChI is InChI=1S/C19H17ClN2O3/c1-14-11-16(5-8-18(14)20)22(10-2-9-21)19(24)13-25-17-6-3-15(12-23)4-7-17/h3-8,11-12H,2,10,13H2,1H3. The molecule has 2 aromatic carbocycles. The Hall–Kier alpha value is -2.84. The number of carbonyl (C=O) groups is 2. The van der Waals surface area contributed by atoms with Gasteiger partial charge in [-0.2, -0.15) is 5.26 Å². The van der Waals surface area contributed by atoms with E-state index in [1.54, 1.807) is 42.5 Å². The van der Waals surface area contributed by atoms with Crippen LogP contribution in [-0.4, -0.2) is 25.3 Å². The van der Waals surface area contributed by atoms with Crippen LogP contribution in [0.3, 0.4) is 0 Å². The highest BCUT2D eigenvalue weighted by Gasteiger charge is 2.17. The van der Waals surface area contributed by atoms with Crippen LogP contribution in [0.5, 0.6) is 5.75 Å². The highest BCUT2D eigenvalue weighted by atomic mass is 35.5. The van der Waals surface area contributed by atoms with Crippen molar-refractivity contribution >= 4 is 29.5 Å². The van der Waals surface area contributed by atoms with Crippen molar-refractivity contribution in [1.82, 2.24) is 0 Å². The molecule has 0 atom stereocenters. The second-order valence-electron chi connectivity index (χ2n) is 5.36. The monoisotopic (exact) mass is 356 g/mol. The molecular weight excluding hydrogens is 340 g/mol. The number of hydrogen-bond donors (Lipinski definition) is 0. The van der Waals surface area contributed by atoms with Crippen LogP contribution in [0.25, 0.3) is 0 Å². The molecule has 6 heteroatoms. The Bertz CT molecular complexity index is 797. The molecule has 1 amide bonds. The van der Waals surface area contributed by atoms with Crippen molar-refractivity contribution in [3.05, 3.63) is 58.6 Å². The van der Waals surface area contributed by atoms with Crippen molar-refractivity contribution < 1.29 is 14.3 Å². The second kappa shape index (κ2) is 8.86. The number of amides is 1. The first-order valence-corrected chi connectivity index (χ1v) is 8.04. The van der Waals surface area contributed by atoms with E-state index in [9.17, 15) is 9.59 Å². The molecule has 0 aliphatic rings. The molecule has 0 unspecified atom stereocenters. The molecule has 0 aliphatic carbocycles. The van der Waals surface area contributed by atoms with Gasteiger partial charge in [-0.1, -0.05) is 11.6 Å².